The lowest BCUT2D eigenvalue weighted by Gasteiger charge is -2.27. The molecular formula is C15H24N2O. The Hall–Kier alpha value is -1.35. The number of amides is 1. The van der Waals surface area contributed by atoms with Crippen molar-refractivity contribution in [3.63, 3.8) is 0 Å². The van der Waals surface area contributed by atoms with E-state index in [-0.39, 0.29) is 5.91 Å². The van der Waals surface area contributed by atoms with Gasteiger partial charge in [0.1, 0.15) is 6.04 Å². The number of carbonyl (C=O) groups is 1. The van der Waals surface area contributed by atoms with Crippen molar-refractivity contribution in [3.05, 3.63) is 35.9 Å². The zero-order valence-corrected chi connectivity index (χ0v) is 11.6. The molecule has 0 fully saturated rings. The Balaban J connectivity index is 2.72. The van der Waals surface area contributed by atoms with Crippen molar-refractivity contribution in [2.45, 2.75) is 33.2 Å². The molecular weight excluding hydrogens is 224 g/mol. The van der Waals surface area contributed by atoms with Gasteiger partial charge in [-0.3, -0.25) is 4.79 Å². The van der Waals surface area contributed by atoms with Gasteiger partial charge in [-0.2, -0.15) is 0 Å². The normalized spacial score (nSPS) is 14.0. The number of likely N-dealkylation sites (N-methyl/N-ethyl adjacent to an activating group) is 1. The van der Waals surface area contributed by atoms with Crippen molar-refractivity contribution in [1.82, 2.24) is 4.90 Å². The highest BCUT2D eigenvalue weighted by molar-refractivity contribution is 5.83. The zero-order valence-electron chi connectivity index (χ0n) is 11.6. The van der Waals surface area contributed by atoms with E-state index in [9.17, 15) is 4.79 Å². The summed E-state index contributed by atoms with van der Waals surface area (Å²) in [5.74, 6) is 0.529. The minimum absolute atomic E-state index is 0.0176. The van der Waals surface area contributed by atoms with E-state index in [0.29, 0.717) is 12.5 Å². The number of carbonyl (C=O) groups excluding carboxylic acids is 1. The van der Waals surface area contributed by atoms with Crippen LogP contribution < -0.4 is 5.73 Å². The maximum atomic E-state index is 12.3. The van der Waals surface area contributed by atoms with Crippen molar-refractivity contribution < 1.29 is 4.79 Å². The highest BCUT2D eigenvalue weighted by Gasteiger charge is 2.22. The predicted octanol–water partition coefficient (Wildman–Crippen LogP) is 2.58. The molecule has 0 aliphatic rings. The lowest BCUT2D eigenvalue weighted by molar-refractivity contribution is -0.133. The van der Waals surface area contributed by atoms with E-state index in [1.54, 1.807) is 0 Å². The van der Waals surface area contributed by atoms with Gasteiger partial charge in [0, 0.05) is 13.1 Å². The first kappa shape index (κ1) is 14.7. The molecule has 18 heavy (non-hydrogen) atoms. The molecule has 0 aliphatic heterocycles. The molecule has 1 aromatic carbocycles. The Morgan fingerprint density at radius 2 is 1.89 bits per heavy atom. The van der Waals surface area contributed by atoms with Crippen molar-refractivity contribution in [2.75, 3.05) is 13.1 Å². The Morgan fingerprint density at radius 1 is 1.28 bits per heavy atom. The van der Waals surface area contributed by atoms with Crippen molar-refractivity contribution in [2.24, 2.45) is 11.7 Å². The second-order valence-electron chi connectivity index (χ2n) is 4.78. The molecule has 1 rings (SSSR count). The first-order valence-corrected chi connectivity index (χ1v) is 6.69. The summed E-state index contributed by atoms with van der Waals surface area (Å²) >= 11 is 0. The van der Waals surface area contributed by atoms with Crippen LogP contribution in [0, 0.1) is 5.92 Å². The number of nitrogens with zero attached hydrogens (tertiary/aromatic N) is 1. The van der Waals surface area contributed by atoms with Gasteiger partial charge in [0.2, 0.25) is 5.91 Å². The van der Waals surface area contributed by atoms with Gasteiger partial charge in [0.05, 0.1) is 0 Å². The van der Waals surface area contributed by atoms with Crippen LogP contribution in [-0.2, 0) is 4.79 Å². The third kappa shape index (κ3) is 3.84. The summed E-state index contributed by atoms with van der Waals surface area (Å²) < 4.78 is 0. The van der Waals surface area contributed by atoms with E-state index in [1.165, 1.54) is 0 Å². The van der Waals surface area contributed by atoms with Gasteiger partial charge in [0.25, 0.3) is 0 Å². The second-order valence-corrected chi connectivity index (χ2v) is 4.78. The molecule has 3 heteroatoms. The van der Waals surface area contributed by atoms with E-state index < -0.39 is 6.04 Å². The number of hydrogen-bond donors (Lipinski definition) is 1. The smallest absolute Gasteiger partial charge is 0.244 e. The van der Waals surface area contributed by atoms with E-state index in [0.717, 1.165) is 18.5 Å². The number of nitrogens with two attached hydrogens (primary N) is 1. The average molecular weight is 248 g/mol. The molecule has 100 valence electrons. The summed E-state index contributed by atoms with van der Waals surface area (Å²) in [6, 6.07) is 9.01. The Labute approximate surface area is 110 Å². The summed E-state index contributed by atoms with van der Waals surface area (Å²) in [7, 11) is 0. The zero-order chi connectivity index (χ0) is 13.5. The summed E-state index contributed by atoms with van der Waals surface area (Å²) in [6.45, 7) is 7.79. The van der Waals surface area contributed by atoms with Crippen LogP contribution in [0.5, 0.6) is 0 Å². The van der Waals surface area contributed by atoms with Gasteiger partial charge < -0.3 is 10.6 Å². The quantitative estimate of drug-likeness (QED) is 0.841. The van der Waals surface area contributed by atoms with Crippen LogP contribution in [0.1, 0.15) is 38.8 Å². The third-order valence-corrected chi connectivity index (χ3v) is 3.35. The maximum absolute atomic E-state index is 12.3. The van der Waals surface area contributed by atoms with E-state index >= 15 is 0 Å². The standard InChI is InChI=1S/C15H24N2O/c1-4-12(3)11-17(5-2)15(18)14(16)13-9-7-6-8-10-13/h6-10,12,14H,4-5,11,16H2,1-3H3/t12?,14-/m1/s1. The van der Waals surface area contributed by atoms with Crippen LogP contribution in [0.4, 0.5) is 0 Å². The molecule has 2 N–H and O–H groups in total. The fourth-order valence-electron chi connectivity index (χ4n) is 1.88. The summed E-state index contributed by atoms with van der Waals surface area (Å²) in [5.41, 5.74) is 6.92. The summed E-state index contributed by atoms with van der Waals surface area (Å²) in [5, 5.41) is 0. The molecule has 1 aromatic rings. The fourth-order valence-corrected chi connectivity index (χ4v) is 1.88. The molecule has 2 atom stereocenters. The van der Waals surface area contributed by atoms with Gasteiger partial charge in [-0.15, -0.1) is 0 Å². The Kier molecular flexibility index (Phi) is 5.86. The summed E-state index contributed by atoms with van der Waals surface area (Å²) in [6.07, 6.45) is 1.07. The molecule has 0 saturated carbocycles. The van der Waals surface area contributed by atoms with Crippen LogP contribution in [0.25, 0.3) is 0 Å². The van der Waals surface area contributed by atoms with Crippen LogP contribution in [-0.4, -0.2) is 23.9 Å². The fraction of sp³-hybridized carbons (Fsp3) is 0.533. The van der Waals surface area contributed by atoms with Crippen LogP contribution in [0.15, 0.2) is 30.3 Å². The number of rotatable bonds is 6. The van der Waals surface area contributed by atoms with Gasteiger partial charge in [-0.25, -0.2) is 0 Å². The average Bonchev–Trinajstić information content (AvgIpc) is 2.43. The molecule has 0 spiro atoms. The van der Waals surface area contributed by atoms with Crippen molar-refractivity contribution in [1.29, 1.82) is 0 Å². The van der Waals surface area contributed by atoms with E-state index in [1.807, 2.05) is 42.2 Å². The maximum Gasteiger partial charge on any atom is 0.244 e. The Morgan fingerprint density at radius 3 is 2.39 bits per heavy atom. The lowest BCUT2D eigenvalue weighted by atomic mass is 10.0. The number of benzene rings is 1. The van der Waals surface area contributed by atoms with Crippen LogP contribution in [0.2, 0.25) is 0 Å². The van der Waals surface area contributed by atoms with Gasteiger partial charge in [-0.05, 0) is 18.4 Å². The molecule has 0 heterocycles. The highest BCUT2D eigenvalue weighted by atomic mass is 16.2. The van der Waals surface area contributed by atoms with Crippen molar-refractivity contribution >= 4 is 5.91 Å². The van der Waals surface area contributed by atoms with Crippen LogP contribution >= 0.6 is 0 Å². The van der Waals surface area contributed by atoms with Crippen LogP contribution in [0.3, 0.4) is 0 Å². The summed E-state index contributed by atoms with van der Waals surface area (Å²) in [4.78, 5) is 14.2. The first-order chi connectivity index (χ1) is 8.60. The molecule has 1 unspecified atom stereocenters. The highest BCUT2D eigenvalue weighted by Crippen LogP contribution is 2.14. The Bertz CT molecular complexity index is 364. The SMILES string of the molecule is CCC(C)CN(CC)C(=O)[C@H](N)c1ccccc1. The largest absolute Gasteiger partial charge is 0.341 e. The predicted molar refractivity (Wildman–Crippen MR) is 75.1 cm³/mol. The monoisotopic (exact) mass is 248 g/mol. The second kappa shape index (κ2) is 7.17. The number of hydrogen-bond acceptors (Lipinski definition) is 2. The van der Waals surface area contributed by atoms with E-state index in [4.69, 9.17) is 5.73 Å². The minimum Gasteiger partial charge on any atom is -0.341 e. The third-order valence-electron chi connectivity index (χ3n) is 3.35. The molecule has 0 aliphatic carbocycles. The van der Waals surface area contributed by atoms with Gasteiger partial charge in [0.15, 0.2) is 0 Å². The molecule has 0 radical (unpaired) electrons. The lowest BCUT2D eigenvalue weighted by Crippen LogP contribution is -2.40. The molecule has 3 nitrogen and oxygen atoms in total. The minimum atomic E-state index is -0.546. The van der Waals surface area contributed by atoms with Gasteiger partial charge >= 0.3 is 0 Å². The molecule has 0 aromatic heterocycles. The molecule has 0 saturated heterocycles. The van der Waals surface area contributed by atoms with E-state index in [2.05, 4.69) is 13.8 Å². The molecule has 0 bridgehead atoms. The topological polar surface area (TPSA) is 46.3 Å². The molecule has 1 amide bonds. The first-order valence-electron chi connectivity index (χ1n) is 6.69. The van der Waals surface area contributed by atoms with Crippen molar-refractivity contribution in [3.8, 4) is 0 Å². The van der Waals surface area contributed by atoms with Gasteiger partial charge in [-0.1, -0.05) is 50.6 Å².